The fourth-order valence-corrected chi connectivity index (χ4v) is 5.31. The number of hydrogen-bond donors (Lipinski definition) is 1. The van der Waals surface area contributed by atoms with Crippen LogP contribution in [-0.2, 0) is 26.2 Å². The molecule has 2 rings (SSSR count). The number of amides is 2. The molecule has 0 unspecified atom stereocenters. The molecule has 0 heterocycles. The summed E-state index contributed by atoms with van der Waals surface area (Å²) in [6.07, 6.45) is 2.94. The highest BCUT2D eigenvalue weighted by molar-refractivity contribution is 7.92. The van der Waals surface area contributed by atoms with Crippen molar-refractivity contribution in [3.63, 3.8) is 0 Å². The molecule has 1 atom stereocenters. The van der Waals surface area contributed by atoms with Crippen molar-refractivity contribution in [3.8, 4) is 0 Å². The van der Waals surface area contributed by atoms with Gasteiger partial charge in [-0.05, 0) is 42.7 Å². The average Bonchev–Trinajstić information content (AvgIpc) is 2.80. The Kier molecular flexibility index (Phi) is 11.6. The summed E-state index contributed by atoms with van der Waals surface area (Å²) in [4.78, 5) is 28.1. The van der Waals surface area contributed by atoms with Gasteiger partial charge in [0.1, 0.15) is 12.6 Å². The Morgan fingerprint density at radius 1 is 1.03 bits per heavy atom. The third-order valence-corrected chi connectivity index (χ3v) is 7.97. The van der Waals surface area contributed by atoms with E-state index >= 15 is 0 Å². The van der Waals surface area contributed by atoms with Crippen LogP contribution in [0.4, 0.5) is 5.69 Å². The lowest BCUT2D eigenvalue weighted by Gasteiger charge is -2.33. The predicted octanol–water partition coefficient (Wildman–Crippen LogP) is 5.79. The Bertz CT molecular complexity index is 1190. The lowest BCUT2D eigenvalue weighted by Crippen LogP contribution is -2.52. The maximum atomic E-state index is 13.7. The van der Waals surface area contributed by atoms with E-state index in [0.29, 0.717) is 28.6 Å². The molecule has 0 aliphatic carbocycles. The highest BCUT2D eigenvalue weighted by Gasteiger charge is 2.32. The second-order valence-corrected chi connectivity index (χ2v) is 11.7. The molecular weight excluding hydrogens is 568 g/mol. The highest BCUT2D eigenvalue weighted by Crippen LogP contribution is 2.34. The third-order valence-electron chi connectivity index (χ3n) is 5.45. The molecule has 0 spiro atoms. The van der Waals surface area contributed by atoms with E-state index in [1.165, 1.54) is 29.2 Å². The largest absolute Gasteiger partial charge is 0.354 e. The topological polar surface area (TPSA) is 86.8 Å². The number of anilines is 1. The van der Waals surface area contributed by atoms with Gasteiger partial charge in [-0.2, -0.15) is 0 Å². The lowest BCUT2D eigenvalue weighted by atomic mass is 10.1. The van der Waals surface area contributed by atoms with E-state index in [-0.39, 0.29) is 28.2 Å². The molecule has 2 aromatic rings. The van der Waals surface area contributed by atoms with Gasteiger partial charge >= 0.3 is 0 Å². The van der Waals surface area contributed by atoms with Crippen molar-refractivity contribution in [2.75, 3.05) is 23.7 Å². The highest BCUT2D eigenvalue weighted by atomic mass is 35.5. The van der Waals surface area contributed by atoms with Crippen molar-refractivity contribution in [3.05, 3.63) is 62.1 Å². The molecule has 198 valence electrons. The van der Waals surface area contributed by atoms with Crippen molar-refractivity contribution in [1.82, 2.24) is 10.2 Å². The van der Waals surface area contributed by atoms with Gasteiger partial charge in [0, 0.05) is 23.1 Å². The summed E-state index contributed by atoms with van der Waals surface area (Å²) in [6, 6.07) is 8.47. The Hall–Kier alpha value is -1.71. The van der Waals surface area contributed by atoms with E-state index in [1.54, 1.807) is 19.1 Å². The van der Waals surface area contributed by atoms with Crippen LogP contribution in [0.25, 0.3) is 0 Å². The average molecular weight is 597 g/mol. The Balaban J connectivity index is 2.48. The molecule has 1 N–H and O–H groups in total. The molecule has 0 aliphatic rings. The van der Waals surface area contributed by atoms with E-state index in [4.69, 9.17) is 46.4 Å². The summed E-state index contributed by atoms with van der Waals surface area (Å²) in [5.41, 5.74) is 0.617. The normalized spacial score (nSPS) is 12.2. The summed E-state index contributed by atoms with van der Waals surface area (Å²) in [6.45, 7) is 3.61. The fraction of sp³-hybridized carbons (Fsp3) is 0.417. The molecule has 0 radical (unpaired) electrons. The van der Waals surface area contributed by atoms with Gasteiger partial charge in [0.25, 0.3) is 0 Å². The van der Waals surface area contributed by atoms with E-state index in [2.05, 4.69) is 5.32 Å². The quantitative estimate of drug-likeness (QED) is 0.314. The SMILES string of the molecule is CCCCNC(=O)[C@H](CC)N(Cc1ccc(Cl)cc1Cl)C(=O)CN(c1cccc(Cl)c1Cl)S(C)(=O)=O. The van der Waals surface area contributed by atoms with Crippen LogP contribution in [0, 0.1) is 0 Å². The first-order chi connectivity index (χ1) is 16.9. The minimum absolute atomic E-state index is 0.00552. The number of carbonyl (C=O) groups excluding carboxylic acids is 2. The van der Waals surface area contributed by atoms with E-state index < -0.39 is 28.5 Å². The Morgan fingerprint density at radius 3 is 2.31 bits per heavy atom. The number of rotatable bonds is 12. The minimum Gasteiger partial charge on any atom is -0.354 e. The van der Waals surface area contributed by atoms with Crippen molar-refractivity contribution in [1.29, 1.82) is 0 Å². The summed E-state index contributed by atoms with van der Waals surface area (Å²) in [7, 11) is -3.94. The van der Waals surface area contributed by atoms with Crippen molar-refractivity contribution < 1.29 is 18.0 Å². The van der Waals surface area contributed by atoms with Gasteiger partial charge in [0.05, 0.1) is 22.0 Å². The van der Waals surface area contributed by atoms with Crippen LogP contribution in [0.3, 0.4) is 0 Å². The molecule has 0 saturated carbocycles. The zero-order valence-corrected chi connectivity index (χ0v) is 24.1. The molecule has 2 aromatic carbocycles. The van der Waals surface area contributed by atoms with Crippen molar-refractivity contribution >= 4 is 73.9 Å². The number of unbranched alkanes of at least 4 members (excludes halogenated alkanes) is 1. The standard InChI is InChI=1S/C24H29Cl4N3O4S/c1-4-6-12-29-24(33)20(5-2)30(14-16-10-11-17(25)13-19(16)27)22(32)15-31(36(3,34)35)21-9-7-8-18(26)23(21)28/h7-11,13,20H,4-6,12,14-15H2,1-3H3,(H,29,33)/t20-/m0/s1. The van der Waals surface area contributed by atoms with Crippen LogP contribution in [0.5, 0.6) is 0 Å². The van der Waals surface area contributed by atoms with Crippen molar-refractivity contribution in [2.24, 2.45) is 0 Å². The van der Waals surface area contributed by atoms with Gasteiger partial charge in [-0.25, -0.2) is 8.42 Å². The summed E-state index contributed by atoms with van der Waals surface area (Å²) in [5.74, 6) is -0.948. The van der Waals surface area contributed by atoms with Gasteiger partial charge in [-0.15, -0.1) is 0 Å². The zero-order chi connectivity index (χ0) is 27.0. The first-order valence-electron chi connectivity index (χ1n) is 11.3. The molecule has 36 heavy (non-hydrogen) atoms. The fourth-order valence-electron chi connectivity index (χ4n) is 3.54. The van der Waals surface area contributed by atoms with Gasteiger partial charge in [0.2, 0.25) is 21.8 Å². The van der Waals surface area contributed by atoms with Crippen LogP contribution in [0.15, 0.2) is 36.4 Å². The van der Waals surface area contributed by atoms with Crippen LogP contribution in [-0.4, -0.2) is 50.5 Å². The number of hydrogen-bond acceptors (Lipinski definition) is 4. The van der Waals surface area contributed by atoms with Crippen molar-refractivity contribution in [2.45, 2.75) is 45.7 Å². The Morgan fingerprint density at radius 2 is 1.72 bits per heavy atom. The Labute approximate surface area is 232 Å². The first kappa shape index (κ1) is 30.5. The van der Waals surface area contributed by atoms with Gasteiger partial charge in [-0.3, -0.25) is 13.9 Å². The maximum Gasteiger partial charge on any atom is 0.244 e. The number of halogens is 4. The molecule has 0 aliphatic heterocycles. The second-order valence-electron chi connectivity index (χ2n) is 8.17. The van der Waals surface area contributed by atoms with E-state index in [1.807, 2.05) is 6.92 Å². The van der Waals surface area contributed by atoms with Crippen LogP contribution < -0.4 is 9.62 Å². The number of nitrogens with one attached hydrogen (secondary N) is 1. The number of nitrogens with zero attached hydrogens (tertiary/aromatic N) is 2. The lowest BCUT2D eigenvalue weighted by molar-refractivity contribution is -0.140. The third kappa shape index (κ3) is 8.15. The molecule has 0 bridgehead atoms. The predicted molar refractivity (Wildman–Crippen MR) is 148 cm³/mol. The van der Waals surface area contributed by atoms with Gasteiger partial charge in [0.15, 0.2) is 0 Å². The van der Waals surface area contributed by atoms with E-state index in [0.717, 1.165) is 23.4 Å². The summed E-state index contributed by atoms with van der Waals surface area (Å²) < 4.78 is 26.3. The second kappa shape index (κ2) is 13.7. The smallest absolute Gasteiger partial charge is 0.244 e. The van der Waals surface area contributed by atoms with E-state index in [9.17, 15) is 18.0 Å². The van der Waals surface area contributed by atoms with Crippen LogP contribution >= 0.6 is 46.4 Å². The molecule has 0 fully saturated rings. The molecule has 7 nitrogen and oxygen atoms in total. The summed E-state index contributed by atoms with van der Waals surface area (Å²) >= 11 is 24.7. The van der Waals surface area contributed by atoms with Crippen LogP contribution in [0.2, 0.25) is 20.1 Å². The number of sulfonamides is 1. The summed E-state index contributed by atoms with van der Waals surface area (Å²) in [5, 5.41) is 3.73. The van der Waals surface area contributed by atoms with Gasteiger partial charge in [-0.1, -0.05) is 78.8 Å². The molecule has 0 aromatic heterocycles. The minimum atomic E-state index is -3.94. The molecule has 2 amide bonds. The number of benzene rings is 2. The number of carbonyl (C=O) groups is 2. The monoisotopic (exact) mass is 595 g/mol. The molecular formula is C24H29Cl4N3O4S. The molecule has 0 saturated heterocycles. The van der Waals surface area contributed by atoms with Gasteiger partial charge < -0.3 is 10.2 Å². The van der Waals surface area contributed by atoms with Crippen LogP contribution in [0.1, 0.15) is 38.7 Å². The zero-order valence-electron chi connectivity index (χ0n) is 20.2. The maximum absolute atomic E-state index is 13.7. The first-order valence-corrected chi connectivity index (χ1v) is 14.7. The molecule has 12 heteroatoms.